The molecule has 0 unspecified atom stereocenters. The summed E-state index contributed by atoms with van der Waals surface area (Å²) in [5.41, 5.74) is 0.677. The summed E-state index contributed by atoms with van der Waals surface area (Å²) >= 11 is 0. The molecule has 2 rings (SSSR count). The van der Waals surface area contributed by atoms with E-state index >= 15 is 0 Å². The fourth-order valence-corrected chi connectivity index (χ4v) is 5.97. The van der Waals surface area contributed by atoms with E-state index in [2.05, 4.69) is 19.6 Å². The lowest BCUT2D eigenvalue weighted by Crippen LogP contribution is -2.49. The van der Waals surface area contributed by atoms with Crippen LogP contribution in [0.5, 0.6) is 5.75 Å². The molecule has 0 spiro atoms. The molecule has 182 valence electrons. The molecule has 0 N–H and O–H groups in total. The number of hydrogen-bond donors (Lipinski definition) is 0. The molecule has 33 heavy (non-hydrogen) atoms. The van der Waals surface area contributed by atoms with Gasteiger partial charge in [0.2, 0.25) is 6.10 Å². The molecular weight excluding hydrogens is 442 g/mol. The first-order chi connectivity index (χ1) is 15.1. The lowest BCUT2D eigenvalue weighted by Gasteiger charge is -2.28. The van der Waals surface area contributed by atoms with E-state index in [0.29, 0.717) is 11.3 Å². The standard InChI is InChI=1S/C24H35NO7Si/c1-14(20(22(27)30-7)31-15(2)26)19-17-13-16(29-6)11-12-18(17)25(21(19)33(8,9)10)23(28)32-24(3,4)5/h11-14,20H,1-10H3/t14-,20+/m1/s1. The average molecular weight is 478 g/mol. The van der Waals surface area contributed by atoms with Crippen molar-refractivity contribution in [2.24, 2.45) is 0 Å². The zero-order valence-corrected chi connectivity index (χ0v) is 22.2. The zero-order valence-electron chi connectivity index (χ0n) is 21.2. The lowest BCUT2D eigenvalue weighted by atomic mass is 9.94. The normalized spacial score (nSPS) is 13.9. The van der Waals surface area contributed by atoms with Crippen LogP contribution in [0.1, 0.15) is 46.1 Å². The van der Waals surface area contributed by atoms with Crippen LogP contribution in [0, 0.1) is 0 Å². The van der Waals surface area contributed by atoms with E-state index in [0.717, 1.165) is 16.3 Å². The van der Waals surface area contributed by atoms with Crippen molar-refractivity contribution in [3.63, 3.8) is 0 Å². The molecule has 2 aromatic rings. The van der Waals surface area contributed by atoms with E-state index in [1.54, 1.807) is 30.7 Å². The smallest absolute Gasteiger partial charge is 0.418 e. The van der Waals surface area contributed by atoms with E-state index in [9.17, 15) is 14.4 Å². The van der Waals surface area contributed by atoms with Crippen molar-refractivity contribution < 1.29 is 33.3 Å². The molecule has 0 aliphatic carbocycles. The van der Waals surface area contributed by atoms with E-state index in [-0.39, 0.29) is 0 Å². The maximum Gasteiger partial charge on any atom is 0.418 e. The summed E-state index contributed by atoms with van der Waals surface area (Å²) in [6.07, 6.45) is -1.68. The van der Waals surface area contributed by atoms with Crippen LogP contribution in [-0.4, -0.2) is 56.6 Å². The largest absolute Gasteiger partial charge is 0.497 e. The minimum absolute atomic E-state index is 0.504. The molecule has 1 aromatic heterocycles. The Kier molecular flexibility index (Phi) is 7.68. The van der Waals surface area contributed by atoms with Crippen LogP contribution < -0.4 is 10.1 Å². The van der Waals surface area contributed by atoms with E-state index < -0.39 is 43.7 Å². The number of nitrogens with zero attached hydrogens (tertiary/aromatic N) is 1. The first kappa shape index (κ1) is 26.4. The molecule has 1 heterocycles. The topological polar surface area (TPSA) is 93.1 Å². The van der Waals surface area contributed by atoms with Gasteiger partial charge < -0.3 is 18.9 Å². The highest BCUT2D eigenvalue weighted by Gasteiger charge is 2.39. The third-order valence-electron chi connectivity index (χ3n) is 5.14. The van der Waals surface area contributed by atoms with Gasteiger partial charge in [0.15, 0.2) is 0 Å². The third kappa shape index (κ3) is 5.76. The van der Waals surface area contributed by atoms with Crippen LogP contribution in [0.25, 0.3) is 10.9 Å². The Morgan fingerprint density at radius 1 is 1.06 bits per heavy atom. The van der Waals surface area contributed by atoms with Gasteiger partial charge in [0, 0.05) is 23.5 Å². The number of carbonyl (C=O) groups excluding carboxylic acids is 3. The van der Waals surface area contributed by atoms with Crippen LogP contribution in [0.4, 0.5) is 4.79 Å². The summed E-state index contributed by atoms with van der Waals surface area (Å²) in [5.74, 6) is -1.26. The molecule has 0 aliphatic rings. The van der Waals surface area contributed by atoms with Crippen molar-refractivity contribution >= 4 is 42.3 Å². The molecular formula is C24H35NO7Si. The van der Waals surface area contributed by atoms with Crippen molar-refractivity contribution in [3.8, 4) is 5.75 Å². The summed E-state index contributed by atoms with van der Waals surface area (Å²) in [4.78, 5) is 37.8. The number of rotatable bonds is 6. The van der Waals surface area contributed by atoms with Crippen LogP contribution in [-0.2, 0) is 23.8 Å². The fourth-order valence-electron chi connectivity index (χ4n) is 3.92. The third-order valence-corrected chi connectivity index (χ3v) is 7.05. The van der Waals surface area contributed by atoms with E-state index in [1.165, 1.54) is 14.0 Å². The molecule has 0 saturated carbocycles. The number of benzene rings is 1. The van der Waals surface area contributed by atoms with Crippen molar-refractivity contribution in [3.05, 3.63) is 23.8 Å². The molecule has 0 saturated heterocycles. The quantitative estimate of drug-likeness (QED) is 0.350. The molecule has 0 fully saturated rings. The van der Waals surface area contributed by atoms with Gasteiger partial charge in [0.25, 0.3) is 0 Å². The van der Waals surface area contributed by atoms with Gasteiger partial charge in [-0.05, 0) is 44.5 Å². The van der Waals surface area contributed by atoms with Crippen LogP contribution in [0.15, 0.2) is 18.2 Å². The van der Waals surface area contributed by atoms with Crippen molar-refractivity contribution in [1.82, 2.24) is 4.57 Å². The number of ether oxygens (including phenoxy) is 4. The van der Waals surface area contributed by atoms with Crippen LogP contribution in [0.2, 0.25) is 19.6 Å². The average Bonchev–Trinajstić information content (AvgIpc) is 3.04. The molecule has 8 nitrogen and oxygen atoms in total. The fraction of sp³-hybridized carbons (Fsp3) is 0.542. The molecule has 0 aliphatic heterocycles. The molecule has 2 atom stereocenters. The molecule has 0 radical (unpaired) electrons. The summed E-state index contributed by atoms with van der Waals surface area (Å²) in [5, 5.41) is 1.51. The molecule has 9 heteroatoms. The van der Waals surface area contributed by atoms with Crippen LogP contribution >= 0.6 is 0 Å². The SMILES string of the molecule is COC(=O)[C@@H](OC(C)=O)[C@H](C)c1c([Si](C)(C)C)n(C(=O)OC(C)(C)C)c2ccc(OC)cc12. The van der Waals surface area contributed by atoms with Gasteiger partial charge in [-0.1, -0.05) is 26.6 Å². The monoisotopic (exact) mass is 477 g/mol. The van der Waals surface area contributed by atoms with Crippen molar-refractivity contribution in [2.45, 2.75) is 71.9 Å². The number of carbonyl (C=O) groups is 3. The second-order valence-corrected chi connectivity index (χ2v) is 15.0. The first-order valence-electron chi connectivity index (χ1n) is 10.8. The maximum atomic E-state index is 13.4. The first-order valence-corrected chi connectivity index (χ1v) is 14.3. The second-order valence-electron chi connectivity index (χ2n) is 10.1. The highest BCUT2D eigenvalue weighted by atomic mass is 28.3. The van der Waals surface area contributed by atoms with Crippen molar-refractivity contribution in [1.29, 1.82) is 0 Å². The maximum absolute atomic E-state index is 13.4. The summed E-state index contributed by atoms with van der Waals surface area (Å²) in [6, 6.07) is 5.40. The van der Waals surface area contributed by atoms with Gasteiger partial charge in [-0.3, -0.25) is 9.36 Å². The number of esters is 2. The summed E-state index contributed by atoms with van der Waals surface area (Å²) in [6.45, 7) is 14.8. The Bertz CT molecular complexity index is 1060. The number of hydrogen-bond acceptors (Lipinski definition) is 7. The second kappa shape index (κ2) is 9.58. The number of fused-ring (bicyclic) bond motifs is 1. The van der Waals surface area contributed by atoms with Crippen LogP contribution in [0.3, 0.4) is 0 Å². The highest BCUT2D eigenvalue weighted by molar-refractivity contribution is 6.89. The minimum atomic E-state index is -2.24. The Balaban J connectivity index is 2.95. The predicted molar refractivity (Wildman–Crippen MR) is 129 cm³/mol. The Hall–Kier alpha value is -2.81. The Labute approximate surface area is 196 Å². The van der Waals surface area contributed by atoms with Gasteiger partial charge in [0.1, 0.15) is 11.4 Å². The summed E-state index contributed by atoms with van der Waals surface area (Å²) < 4.78 is 23.1. The van der Waals surface area contributed by atoms with E-state index in [1.807, 2.05) is 26.8 Å². The van der Waals surface area contributed by atoms with Gasteiger partial charge >= 0.3 is 18.0 Å². The number of methoxy groups -OCH3 is 2. The minimum Gasteiger partial charge on any atom is -0.497 e. The van der Waals surface area contributed by atoms with Gasteiger partial charge in [-0.2, -0.15) is 0 Å². The van der Waals surface area contributed by atoms with Gasteiger partial charge in [0.05, 0.1) is 27.8 Å². The Morgan fingerprint density at radius 3 is 2.12 bits per heavy atom. The Morgan fingerprint density at radius 2 is 1.67 bits per heavy atom. The zero-order chi connectivity index (χ0) is 25.3. The molecule has 1 aromatic carbocycles. The summed E-state index contributed by atoms with van der Waals surface area (Å²) in [7, 11) is 0.572. The van der Waals surface area contributed by atoms with Gasteiger partial charge in [-0.25, -0.2) is 9.59 Å². The predicted octanol–water partition coefficient (Wildman–Crippen LogP) is 4.19. The van der Waals surface area contributed by atoms with Crippen molar-refractivity contribution in [2.75, 3.05) is 14.2 Å². The van der Waals surface area contributed by atoms with E-state index in [4.69, 9.17) is 18.9 Å². The number of aromatic nitrogens is 1. The molecule has 0 bridgehead atoms. The molecule has 0 amide bonds. The lowest BCUT2D eigenvalue weighted by molar-refractivity contribution is -0.166. The highest BCUT2D eigenvalue weighted by Crippen LogP contribution is 2.34. The van der Waals surface area contributed by atoms with Gasteiger partial charge in [-0.15, -0.1) is 0 Å².